The summed E-state index contributed by atoms with van der Waals surface area (Å²) in [5, 5.41) is 1.25. The number of hydrogen-bond acceptors (Lipinski definition) is 2. The monoisotopic (exact) mass is 271 g/mol. The molecule has 3 rings (SSSR count). The first-order chi connectivity index (χ1) is 9.72. The molecule has 1 saturated heterocycles. The number of aromatic nitrogens is 1. The van der Waals surface area contributed by atoms with Gasteiger partial charge < -0.3 is 9.30 Å². The average Bonchev–Trinajstić information content (AvgIpc) is 2.82. The molecule has 2 heterocycles. The van der Waals surface area contributed by atoms with Crippen LogP contribution in [-0.2, 0) is 22.5 Å². The lowest BCUT2D eigenvalue weighted by atomic mass is 10.0. The molecule has 0 radical (unpaired) electrons. The highest BCUT2D eigenvalue weighted by Gasteiger charge is 2.15. The van der Waals surface area contributed by atoms with Crippen LogP contribution in [0.4, 0.5) is 0 Å². The summed E-state index contributed by atoms with van der Waals surface area (Å²) in [6.45, 7) is 4.47. The Morgan fingerprint density at radius 1 is 1.30 bits per heavy atom. The van der Waals surface area contributed by atoms with E-state index in [2.05, 4.69) is 35.0 Å². The van der Waals surface area contributed by atoms with Gasteiger partial charge in [-0.05, 0) is 48.8 Å². The van der Waals surface area contributed by atoms with Crippen molar-refractivity contribution >= 4 is 16.7 Å². The summed E-state index contributed by atoms with van der Waals surface area (Å²) in [6, 6.07) is 8.50. The Kier molecular flexibility index (Phi) is 3.88. The molecule has 1 aliphatic rings. The Bertz CT molecular complexity index is 608. The summed E-state index contributed by atoms with van der Waals surface area (Å²) in [5.74, 6) is 0.919. The number of rotatable bonds is 4. The maximum Gasteiger partial charge on any atom is 0.134 e. The quantitative estimate of drug-likeness (QED) is 0.855. The fourth-order valence-corrected chi connectivity index (χ4v) is 2.99. The molecule has 3 heteroatoms. The van der Waals surface area contributed by atoms with Crippen LogP contribution in [0.5, 0.6) is 0 Å². The van der Waals surface area contributed by atoms with Crippen molar-refractivity contribution in [1.29, 1.82) is 0 Å². The minimum atomic E-state index is 0.215. The van der Waals surface area contributed by atoms with Crippen molar-refractivity contribution in [1.82, 2.24) is 4.57 Å². The summed E-state index contributed by atoms with van der Waals surface area (Å²) in [7, 11) is 0. The van der Waals surface area contributed by atoms with Crippen molar-refractivity contribution < 1.29 is 9.53 Å². The number of benzene rings is 1. The fraction of sp³-hybridized carbons (Fsp3) is 0.471. The third-order valence-corrected chi connectivity index (χ3v) is 4.09. The van der Waals surface area contributed by atoms with Crippen LogP contribution in [0.2, 0.25) is 0 Å². The average molecular weight is 271 g/mol. The van der Waals surface area contributed by atoms with Crippen LogP contribution >= 0.6 is 0 Å². The molecule has 2 aromatic rings. The molecule has 20 heavy (non-hydrogen) atoms. The van der Waals surface area contributed by atoms with E-state index in [1.54, 1.807) is 6.92 Å². The molecular formula is C17H21NO2. The predicted octanol–water partition coefficient (Wildman–Crippen LogP) is 3.20. The highest BCUT2D eigenvalue weighted by molar-refractivity contribution is 5.83. The van der Waals surface area contributed by atoms with Gasteiger partial charge in [0.05, 0.1) is 0 Å². The number of Topliss-reactive ketones (excluding diaryl/α,β-unsaturated/α-hetero) is 1. The van der Waals surface area contributed by atoms with E-state index >= 15 is 0 Å². The second-order valence-electron chi connectivity index (χ2n) is 5.80. The molecule has 0 spiro atoms. The summed E-state index contributed by atoms with van der Waals surface area (Å²) in [5.41, 5.74) is 2.35. The maximum atomic E-state index is 11.3. The molecular weight excluding hydrogens is 250 g/mol. The zero-order valence-corrected chi connectivity index (χ0v) is 12.0. The van der Waals surface area contributed by atoms with Gasteiger partial charge >= 0.3 is 0 Å². The van der Waals surface area contributed by atoms with Gasteiger partial charge in [-0.3, -0.25) is 4.79 Å². The van der Waals surface area contributed by atoms with Crippen molar-refractivity contribution in [3.05, 3.63) is 36.0 Å². The fourth-order valence-electron chi connectivity index (χ4n) is 2.99. The first-order valence-electron chi connectivity index (χ1n) is 7.37. The lowest BCUT2D eigenvalue weighted by molar-refractivity contribution is -0.116. The summed E-state index contributed by atoms with van der Waals surface area (Å²) < 4.78 is 7.75. The molecule has 1 aromatic carbocycles. The smallest absolute Gasteiger partial charge is 0.134 e. The standard InChI is InChI=1S/C17H21NO2/c1-13(19)10-15-2-3-16-4-7-18(17(16)11-15)12-14-5-8-20-9-6-14/h2-4,7,11,14H,5-6,8-10,12H2,1H3. The van der Waals surface area contributed by atoms with Crippen molar-refractivity contribution in [2.45, 2.75) is 32.7 Å². The van der Waals surface area contributed by atoms with E-state index in [0.29, 0.717) is 12.3 Å². The first-order valence-corrected chi connectivity index (χ1v) is 7.37. The Morgan fingerprint density at radius 3 is 2.85 bits per heavy atom. The molecule has 0 atom stereocenters. The number of ketones is 1. The Morgan fingerprint density at radius 2 is 2.10 bits per heavy atom. The number of nitrogens with zero attached hydrogens (tertiary/aromatic N) is 1. The van der Waals surface area contributed by atoms with Crippen LogP contribution in [0.1, 0.15) is 25.3 Å². The molecule has 1 aromatic heterocycles. The molecule has 106 valence electrons. The minimum absolute atomic E-state index is 0.215. The topological polar surface area (TPSA) is 31.2 Å². The molecule has 0 saturated carbocycles. The SMILES string of the molecule is CC(=O)Cc1ccc2ccn(CC3CCOCC3)c2c1. The van der Waals surface area contributed by atoms with Gasteiger partial charge in [0.15, 0.2) is 0 Å². The van der Waals surface area contributed by atoms with Crippen molar-refractivity contribution in [3.8, 4) is 0 Å². The van der Waals surface area contributed by atoms with E-state index in [1.807, 2.05) is 0 Å². The zero-order chi connectivity index (χ0) is 13.9. The molecule has 3 nitrogen and oxygen atoms in total. The van der Waals surface area contributed by atoms with Gasteiger partial charge in [-0.2, -0.15) is 0 Å². The molecule has 1 aliphatic heterocycles. The molecule has 0 aliphatic carbocycles. The van der Waals surface area contributed by atoms with Crippen LogP contribution in [0.25, 0.3) is 10.9 Å². The van der Waals surface area contributed by atoms with Crippen LogP contribution in [-0.4, -0.2) is 23.6 Å². The maximum absolute atomic E-state index is 11.3. The van der Waals surface area contributed by atoms with E-state index in [0.717, 1.165) is 38.2 Å². The third-order valence-electron chi connectivity index (χ3n) is 4.09. The van der Waals surface area contributed by atoms with Gasteiger partial charge in [-0.15, -0.1) is 0 Å². The highest BCUT2D eigenvalue weighted by Crippen LogP contribution is 2.23. The Balaban J connectivity index is 1.84. The number of ether oxygens (including phenoxy) is 1. The van der Waals surface area contributed by atoms with Gasteiger partial charge in [0.1, 0.15) is 5.78 Å². The van der Waals surface area contributed by atoms with Crippen LogP contribution in [0.15, 0.2) is 30.5 Å². The molecule has 0 unspecified atom stereocenters. The van der Waals surface area contributed by atoms with Gasteiger partial charge in [0.25, 0.3) is 0 Å². The van der Waals surface area contributed by atoms with Crippen molar-refractivity contribution in [3.63, 3.8) is 0 Å². The Labute approximate surface area is 119 Å². The van der Waals surface area contributed by atoms with Crippen LogP contribution in [0, 0.1) is 5.92 Å². The molecule has 0 N–H and O–H groups in total. The Hall–Kier alpha value is -1.61. The van der Waals surface area contributed by atoms with E-state index in [1.165, 1.54) is 10.9 Å². The van der Waals surface area contributed by atoms with Gasteiger partial charge in [-0.1, -0.05) is 12.1 Å². The predicted molar refractivity (Wildman–Crippen MR) is 79.9 cm³/mol. The lowest BCUT2D eigenvalue weighted by Gasteiger charge is -2.22. The summed E-state index contributed by atoms with van der Waals surface area (Å²) in [4.78, 5) is 11.3. The van der Waals surface area contributed by atoms with E-state index in [-0.39, 0.29) is 5.78 Å². The third kappa shape index (κ3) is 2.93. The second kappa shape index (κ2) is 5.80. The van der Waals surface area contributed by atoms with Crippen molar-refractivity contribution in [2.24, 2.45) is 5.92 Å². The first kappa shape index (κ1) is 13.4. The summed E-state index contributed by atoms with van der Waals surface area (Å²) in [6.07, 6.45) is 4.98. The number of carbonyl (C=O) groups is 1. The molecule has 1 fully saturated rings. The van der Waals surface area contributed by atoms with Crippen LogP contribution < -0.4 is 0 Å². The minimum Gasteiger partial charge on any atom is -0.381 e. The van der Waals surface area contributed by atoms with E-state index < -0.39 is 0 Å². The number of hydrogen-bond donors (Lipinski definition) is 0. The van der Waals surface area contributed by atoms with Gasteiger partial charge in [-0.25, -0.2) is 0 Å². The number of fused-ring (bicyclic) bond motifs is 1. The number of carbonyl (C=O) groups excluding carboxylic acids is 1. The molecule has 0 amide bonds. The largest absolute Gasteiger partial charge is 0.381 e. The second-order valence-corrected chi connectivity index (χ2v) is 5.80. The highest BCUT2D eigenvalue weighted by atomic mass is 16.5. The summed E-state index contributed by atoms with van der Waals surface area (Å²) >= 11 is 0. The van der Waals surface area contributed by atoms with Gasteiger partial charge in [0, 0.05) is 37.9 Å². The normalized spacial score (nSPS) is 16.6. The lowest BCUT2D eigenvalue weighted by Crippen LogP contribution is -2.20. The zero-order valence-electron chi connectivity index (χ0n) is 12.0. The van der Waals surface area contributed by atoms with Crippen molar-refractivity contribution in [2.75, 3.05) is 13.2 Å². The van der Waals surface area contributed by atoms with Crippen LogP contribution in [0.3, 0.4) is 0 Å². The van der Waals surface area contributed by atoms with E-state index in [4.69, 9.17) is 4.74 Å². The van der Waals surface area contributed by atoms with E-state index in [9.17, 15) is 4.79 Å². The molecule has 0 bridgehead atoms. The van der Waals surface area contributed by atoms with Gasteiger partial charge in [0.2, 0.25) is 0 Å².